The molecule has 1 fully saturated rings. The highest BCUT2D eigenvalue weighted by Gasteiger charge is 2.26. The number of phenols is 1. The van der Waals surface area contributed by atoms with Crippen LogP contribution in [0.15, 0.2) is 39.5 Å². The van der Waals surface area contributed by atoms with Gasteiger partial charge in [-0.1, -0.05) is 0 Å². The van der Waals surface area contributed by atoms with Crippen LogP contribution < -0.4 is 20.2 Å². The van der Waals surface area contributed by atoms with Gasteiger partial charge in [0.25, 0.3) is 5.91 Å². The number of hydrogen-bond acceptors (Lipinski definition) is 7. The number of fused-ring (bicyclic) bond motifs is 2. The van der Waals surface area contributed by atoms with Gasteiger partial charge in [0.15, 0.2) is 6.61 Å². The van der Waals surface area contributed by atoms with Gasteiger partial charge >= 0.3 is 6.03 Å². The summed E-state index contributed by atoms with van der Waals surface area (Å²) in [5.74, 6) is -0.226. The third-order valence-corrected chi connectivity index (χ3v) is 4.45. The van der Waals surface area contributed by atoms with Crippen molar-refractivity contribution in [3.05, 3.63) is 40.6 Å². The molecule has 0 aliphatic carbocycles. The first kappa shape index (κ1) is 17.7. The van der Waals surface area contributed by atoms with Crippen molar-refractivity contribution in [2.45, 2.75) is 0 Å². The summed E-state index contributed by atoms with van der Waals surface area (Å²) in [5, 5.41) is 13.1. The number of carbonyl (C=O) groups excluding carboxylic acids is 2. The molecular weight excluding hydrogens is 368 g/mol. The van der Waals surface area contributed by atoms with Crippen LogP contribution in [0.5, 0.6) is 17.2 Å². The Morgan fingerprint density at radius 3 is 2.75 bits per heavy atom. The summed E-state index contributed by atoms with van der Waals surface area (Å²) in [6, 6.07) is 6.94. The molecule has 1 saturated heterocycles. The minimum absolute atomic E-state index is 0.00153. The highest BCUT2D eigenvalue weighted by atomic mass is 16.5. The monoisotopic (exact) mass is 384 g/mol. The van der Waals surface area contributed by atoms with Crippen molar-refractivity contribution >= 4 is 33.9 Å². The Kier molecular flexibility index (Phi) is 4.26. The Morgan fingerprint density at radius 2 is 2.04 bits per heavy atom. The summed E-state index contributed by atoms with van der Waals surface area (Å²) in [6.45, 7) is 0.270. The second-order valence-electron chi connectivity index (χ2n) is 6.17. The van der Waals surface area contributed by atoms with Gasteiger partial charge in [0, 0.05) is 25.2 Å². The average molecular weight is 384 g/mol. The van der Waals surface area contributed by atoms with E-state index < -0.39 is 24.0 Å². The van der Waals surface area contributed by atoms with E-state index in [4.69, 9.17) is 13.9 Å². The number of phenolic OH excluding ortho intramolecular Hbond substituents is 1. The van der Waals surface area contributed by atoms with Crippen molar-refractivity contribution in [1.29, 1.82) is 0 Å². The lowest BCUT2D eigenvalue weighted by Crippen LogP contribution is -2.37. The number of rotatable bonds is 4. The number of methoxy groups -OCH3 is 1. The van der Waals surface area contributed by atoms with E-state index in [9.17, 15) is 19.5 Å². The molecule has 144 valence electrons. The van der Waals surface area contributed by atoms with Crippen LogP contribution in [0.1, 0.15) is 0 Å². The Hall–Kier alpha value is -3.75. The van der Waals surface area contributed by atoms with Crippen LogP contribution in [0.3, 0.4) is 0 Å². The standard InChI is InChI=1S/C19H16N2O7/c1-26-10-2-3-14-12(6-10)18(24)17-13(22)7-11(8-15(17)28-14)27-9-16(23)21-5-4-20-19(21)25/h2-3,6-8,22H,4-5,9H2,1H3,(H,20,25). The van der Waals surface area contributed by atoms with Crippen LogP contribution in [0, 0.1) is 0 Å². The van der Waals surface area contributed by atoms with Crippen LogP contribution in [-0.4, -0.2) is 48.8 Å². The molecule has 3 amide bonds. The lowest BCUT2D eigenvalue weighted by atomic mass is 10.1. The number of amides is 3. The number of nitrogens with zero attached hydrogens (tertiary/aromatic N) is 1. The topological polar surface area (TPSA) is 118 Å². The van der Waals surface area contributed by atoms with Gasteiger partial charge in [0.05, 0.1) is 12.5 Å². The molecule has 1 aliphatic rings. The van der Waals surface area contributed by atoms with Gasteiger partial charge in [-0.15, -0.1) is 0 Å². The van der Waals surface area contributed by atoms with E-state index in [1.807, 2.05) is 0 Å². The number of hydrogen-bond donors (Lipinski definition) is 2. The number of ether oxygens (including phenoxy) is 2. The number of nitrogens with one attached hydrogen (secondary N) is 1. The van der Waals surface area contributed by atoms with E-state index in [1.165, 1.54) is 25.3 Å². The molecule has 9 heteroatoms. The fraction of sp³-hybridized carbons (Fsp3) is 0.211. The molecule has 0 saturated carbocycles. The maximum Gasteiger partial charge on any atom is 0.324 e. The summed E-state index contributed by atoms with van der Waals surface area (Å²) in [4.78, 5) is 37.3. The lowest BCUT2D eigenvalue weighted by Gasteiger charge is -2.13. The van der Waals surface area contributed by atoms with Gasteiger partial charge in [-0.05, 0) is 18.2 Å². The molecule has 0 unspecified atom stereocenters. The molecule has 9 nitrogen and oxygen atoms in total. The van der Waals surface area contributed by atoms with Crippen molar-refractivity contribution in [1.82, 2.24) is 10.2 Å². The summed E-state index contributed by atoms with van der Waals surface area (Å²) in [6.07, 6.45) is 0. The van der Waals surface area contributed by atoms with E-state index >= 15 is 0 Å². The van der Waals surface area contributed by atoms with Crippen LogP contribution in [0.2, 0.25) is 0 Å². The van der Waals surface area contributed by atoms with Gasteiger partial charge in [0.2, 0.25) is 5.43 Å². The minimum atomic E-state index is -0.512. The zero-order valence-corrected chi connectivity index (χ0v) is 14.9. The predicted molar refractivity (Wildman–Crippen MR) is 98.8 cm³/mol. The van der Waals surface area contributed by atoms with Crippen molar-refractivity contribution in [3.8, 4) is 17.2 Å². The molecule has 0 atom stereocenters. The summed E-state index contributed by atoms with van der Waals surface area (Å²) < 4.78 is 16.2. The van der Waals surface area contributed by atoms with Gasteiger partial charge in [-0.25, -0.2) is 4.79 Å². The van der Waals surface area contributed by atoms with Crippen molar-refractivity contribution in [3.63, 3.8) is 0 Å². The second-order valence-corrected chi connectivity index (χ2v) is 6.17. The average Bonchev–Trinajstić information content (AvgIpc) is 3.11. The molecule has 2 heterocycles. The number of aromatic hydroxyl groups is 1. The predicted octanol–water partition coefficient (Wildman–Crippen LogP) is 1.59. The third-order valence-electron chi connectivity index (χ3n) is 4.45. The SMILES string of the molecule is COc1ccc2oc3cc(OCC(=O)N4CCNC4=O)cc(O)c3c(=O)c2c1. The van der Waals surface area contributed by atoms with Crippen LogP contribution in [0.25, 0.3) is 21.9 Å². The quantitative estimate of drug-likeness (QED) is 0.656. The van der Waals surface area contributed by atoms with Crippen molar-refractivity contribution in [2.24, 2.45) is 0 Å². The summed E-state index contributed by atoms with van der Waals surface area (Å²) >= 11 is 0. The number of urea groups is 1. The first-order valence-electron chi connectivity index (χ1n) is 8.46. The maximum absolute atomic E-state index is 12.7. The smallest absolute Gasteiger partial charge is 0.324 e. The first-order valence-corrected chi connectivity index (χ1v) is 8.46. The molecule has 1 aromatic heterocycles. The summed E-state index contributed by atoms with van der Waals surface area (Å²) in [7, 11) is 1.48. The molecule has 0 spiro atoms. The molecule has 2 aromatic carbocycles. The van der Waals surface area contributed by atoms with Gasteiger partial charge in [-0.3, -0.25) is 14.5 Å². The highest BCUT2D eigenvalue weighted by Crippen LogP contribution is 2.31. The van der Waals surface area contributed by atoms with E-state index in [0.717, 1.165) is 4.90 Å². The van der Waals surface area contributed by atoms with E-state index in [2.05, 4.69) is 5.32 Å². The summed E-state index contributed by atoms with van der Waals surface area (Å²) in [5.41, 5.74) is 0.0210. The third kappa shape index (κ3) is 2.96. The molecule has 4 rings (SSSR count). The molecule has 2 N–H and O–H groups in total. The van der Waals surface area contributed by atoms with Crippen molar-refractivity contribution < 1.29 is 28.6 Å². The Morgan fingerprint density at radius 1 is 1.21 bits per heavy atom. The largest absolute Gasteiger partial charge is 0.507 e. The molecule has 3 aromatic rings. The van der Waals surface area contributed by atoms with Gasteiger partial charge in [0.1, 0.15) is 33.8 Å². The van der Waals surface area contributed by atoms with E-state index in [0.29, 0.717) is 17.9 Å². The molecule has 0 bridgehead atoms. The maximum atomic E-state index is 12.7. The molecular formula is C19H16N2O7. The highest BCUT2D eigenvalue weighted by molar-refractivity contribution is 5.97. The van der Waals surface area contributed by atoms with Crippen LogP contribution in [0.4, 0.5) is 4.79 Å². The van der Waals surface area contributed by atoms with Crippen molar-refractivity contribution in [2.75, 3.05) is 26.8 Å². The zero-order chi connectivity index (χ0) is 19.8. The Labute approximate surface area is 158 Å². The Bertz CT molecular complexity index is 1170. The minimum Gasteiger partial charge on any atom is -0.507 e. The van der Waals surface area contributed by atoms with Gasteiger partial charge in [-0.2, -0.15) is 0 Å². The normalized spacial score (nSPS) is 13.8. The number of imide groups is 1. The molecule has 28 heavy (non-hydrogen) atoms. The second kappa shape index (κ2) is 6.76. The Balaban J connectivity index is 1.68. The van der Waals surface area contributed by atoms with Gasteiger partial charge < -0.3 is 24.3 Å². The van der Waals surface area contributed by atoms with Crippen LogP contribution in [-0.2, 0) is 4.79 Å². The van der Waals surface area contributed by atoms with E-state index in [1.54, 1.807) is 12.1 Å². The van der Waals surface area contributed by atoms with E-state index in [-0.39, 0.29) is 34.4 Å². The fourth-order valence-electron chi connectivity index (χ4n) is 3.06. The molecule has 1 aliphatic heterocycles. The van der Waals surface area contributed by atoms with Crippen LogP contribution >= 0.6 is 0 Å². The first-order chi connectivity index (χ1) is 13.5. The lowest BCUT2D eigenvalue weighted by molar-refractivity contribution is -0.129. The fourth-order valence-corrected chi connectivity index (χ4v) is 3.06. The zero-order valence-electron chi connectivity index (χ0n) is 14.9. The number of carbonyl (C=O) groups is 2. The molecule has 0 radical (unpaired) electrons. The number of benzene rings is 2.